The van der Waals surface area contributed by atoms with Crippen LogP contribution in [0, 0.1) is 0 Å². The van der Waals surface area contributed by atoms with Gasteiger partial charge in [0.25, 0.3) is 16.1 Å². The number of hydrogen-bond donors (Lipinski definition) is 1. The average Bonchev–Trinajstić information content (AvgIpc) is 2.66. The van der Waals surface area contributed by atoms with Crippen LogP contribution in [0.2, 0.25) is 0 Å². The third-order valence-corrected chi connectivity index (χ3v) is 7.58. The van der Waals surface area contributed by atoms with Crippen molar-refractivity contribution in [1.82, 2.24) is 13.5 Å². The molecule has 1 amide bonds. The van der Waals surface area contributed by atoms with Gasteiger partial charge in [0.2, 0.25) is 10.0 Å². The van der Waals surface area contributed by atoms with E-state index < -0.39 is 20.2 Å². The number of para-hydroxylation sites is 1. The zero-order valence-corrected chi connectivity index (χ0v) is 18.9. The summed E-state index contributed by atoms with van der Waals surface area (Å²) in [6.45, 7) is 5.09. The quantitative estimate of drug-likeness (QED) is 0.670. The molecule has 2 unspecified atom stereocenters. The number of hydrogen-bond acceptors (Lipinski definition) is 6. The lowest BCUT2D eigenvalue weighted by Crippen LogP contribution is -2.57. The Morgan fingerprint density at radius 3 is 2.10 bits per heavy atom. The van der Waals surface area contributed by atoms with E-state index in [-0.39, 0.29) is 55.5 Å². The molecule has 1 N–H and O–H groups in total. The van der Waals surface area contributed by atoms with Crippen molar-refractivity contribution in [2.24, 2.45) is 0 Å². The molecule has 12 heteroatoms. The number of amides is 1. The summed E-state index contributed by atoms with van der Waals surface area (Å²) in [4.78, 5) is 14.5. The van der Waals surface area contributed by atoms with E-state index in [0.29, 0.717) is 13.1 Å². The SMILES string of the molecule is CC1CN(S(=O)(=O)N2CCN(C(=O)c3ccccc3NS(C)(=O)=O)CC2)CC(C)O1. The van der Waals surface area contributed by atoms with Crippen molar-refractivity contribution >= 4 is 31.8 Å². The number of sulfonamides is 1. The number of nitrogens with zero attached hydrogens (tertiary/aromatic N) is 3. The van der Waals surface area contributed by atoms with E-state index in [1.54, 1.807) is 23.1 Å². The largest absolute Gasteiger partial charge is 0.373 e. The Morgan fingerprint density at radius 1 is 0.967 bits per heavy atom. The Hall–Kier alpha value is -1.73. The number of rotatable bonds is 5. The van der Waals surface area contributed by atoms with Gasteiger partial charge >= 0.3 is 0 Å². The van der Waals surface area contributed by atoms with Gasteiger partial charge in [0.15, 0.2) is 0 Å². The number of morpholine rings is 1. The Labute approximate surface area is 178 Å². The Bertz CT molecular complexity index is 980. The second-order valence-corrected chi connectivity index (χ2v) is 11.4. The molecule has 1 aromatic rings. The number of carbonyl (C=O) groups is 1. The first kappa shape index (κ1) is 22.9. The van der Waals surface area contributed by atoms with Crippen molar-refractivity contribution in [1.29, 1.82) is 0 Å². The third-order valence-electron chi connectivity index (χ3n) is 5.02. The van der Waals surface area contributed by atoms with Gasteiger partial charge in [0, 0.05) is 39.3 Å². The monoisotopic (exact) mass is 460 g/mol. The van der Waals surface area contributed by atoms with Crippen molar-refractivity contribution in [3.8, 4) is 0 Å². The van der Waals surface area contributed by atoms with Crippen LogP contribution in [-0.2, 0) is 25.0 Å². The van der Waals surface area contributed by atoms with E-state index in [1.807, 2.05) is 13.8 Å². The van der Waals surface area contributed by atoms with Crippen LogP contribution in [0.15, 0.2) is 24.3 Å². The van der Waals surface area contributed by atoms with Crippen molar-refractivity contribution in [3.05, 3.63) is 29.8 Å². The summed E-state index contributed by atoms with van der Waals surface area (Å²) in [5.74, 6) is -0.340. The summed E-state index contributed by atoms with van der Waals surface area (Å²) in [6, 6.07) is 6.37. The number of carbonyl (C=O) groups excluding carboxylic acids is 1. The van der Waals surface area contributed by atoms with Crippen molar-refractivity contribution < 1.29 is 26.4 Å². The smallest absolute Gasteiger partial charge is 0.282 e. The minimum atomic E-state index is -3.64. The topological polar surface area (TPSA) is 116 Å². The molecule has 0 aromatic heterocycles. The molecule has 0 saturated carbocycles. The number of nitrogens with one attached hydrogen (secondary N) is 1. The summed E-state index contributed by atoms with van der Waals surface area (Å²) in [5, 5.41) is 0. The number of benzene rings is 1. The van der Waals surface area contributed by atoms with Crippen LogP contribution in [0.25, 0.3) is 0 Å². The lowest BCUT2D eigenvalue weighted by molar-refractivity contribution is -0.0457. The molecule has 2 aliphatic rings. The molecule has 30 heavy (non-hydrogen) atoms. The summed E-state index contributed by atoms with van der Waals surface area (Å²) >= 11 is 0. The van der Waals surface area contributed by atoms with E-state index in [0.717, 1.165) is 6.26 Å². The van der Waals surface area contributed by atoms with Crippen LogP contribution in [0.5, 0.6) is 0 Å². The lowest BCUT2D eigenvalue weighted by Gasteiger charge is -2.40. The lowest BCUT2D eigenvalue weighted by atomic mass is 10.1. The molecule has 0 bridgehead atoms. The van der Waals surface area contributed by atoms with Gasteiger partial charge in [-0.15, -0.1) is 0 Å². The number of ether oxygens (including phenoxy) is 1. The molecule has 2 fully saturated rings. The molecule has 2 aliphatic heterocycles. The van der Waals surface area contributed by atoms with Crippen molar-refractivity contribution in [2.75, 3.05) is 50.2 Å². The highest BCUT2D eigenvalue weighted by Crippen LogP contribution is 2.22. The van der Waals surface area contributed by atoms with E-state index >= 15 is 0 Å². The standard InChI is InChI=1S/C18H28N4O6S2/c1-14-12-22(13-15(2)28-14)30(26,27)21-10-8-20(9-11-21)18(23)16-6-4-5-7-17(16)19-29(3,24)25/h4-7,14-15,19H,8-13H2,1-3H3. The zero-order chi connectivity index (χ0) is 22.1. The highest BCUT2D eigenvalue weighted by Gasteiger charge is 2.37. The minimum absolute atomic E-state index is 0.176. The maximum Gasteiger partial charge on any atom is 0.282 e. The van der Waals surface area contributed by atoms with Gasteiger partial charge in [-0.25, -0.2) is 8.42 Å². The normalized spacial score (nSPS) is 24.6. The fraction of sp³-hybridized carbons (Fsp3) is 0.611. The fourth-order valence-corrected chi connectivity index (χ4v) is 6.06. The second kappa shape index (κ2) is 8.79. The van der Waals surface area contributed by atoms with E-state index in [4.69, 9.17) is 4.74 Å². The summed E-state index contributed by atoms with van der Waals surface area (Å²) in [5.41, 5.74) is 0.436. The van der Waals surface area contributed by atoms with Crippen molar-refractivity contribution in [3.63, 3.8) is 0 Å². The van der Waals surface area contributed by atoms with Gasteiger partial charge in [-0.05, 0) is 26.0 Å². The van der Waals surface area contributed by atoms with Gasteiger partial charge in [-0.2, -0.15) is 17.0 Å². The Balaban J connectivity index is 1.68. The summed E-state index contributed by atoms with van der Waals surface area (Å²) in [7, 11) is -7.18. The van der Waals surface area contributed by atoms with Crippen LogP contribution < -0.4 is 4.72 Å². The molecule has 0 radical (unpaired) electrons. The van der Waals surface area contributed by atoms with Crippen LogP contribution >= 0.6 is 0 Å². The minimum Gasteiger partial charge on any atom is -0.373 e. The molecule has 2 atom stereocenters. The maximum absolute atomic E-state index is 13.0. The van der Waals surface area contributed by atoms with Gasteiger partial charge in [-0.1, -0.05) is 12.1 Å². The van der Waals surface area contributed by atoms with E-state index in [9.17, 15) is 21.6 Å². The van der Waals surface area contributed by atoms with Gasteiger partial charge in [0.1, 0.15) is 0 Å². The first-order valence-electron chi connectivity index (χ1n) is 9.74. The molecule has 2 saturated heterocycles. The number of piperazine rings is 1. The molecule has 1 aromatic carbocycles. The second-order valence-electron chi connectivity index (χ2n) is 7.69. The molecular formula is C18H28N4O6S2. The zero-order valence-electron chi connectivity index (χ0n) is 17.3. The van der Waals surface area contributed by atoms with E-state index in [1.165, 1.54) is 14.7 Å². The predicted molar refractivity (Wildman–Crippen MR) is 113 cm³/mol. The summed E-state index contributed by atoms with van der Waals surface area (Å²) < 4.78 is 60.0. The highest BCUT2D eigenvalue weighted by atomic mass is 32.2. The highest BCUT2D eigenvalue weighted by molar-refractivity contribution is 7.92. The van der Waals surface area contributed by atoms with Gasteiger partial charge in [-0.3, -0.25) is 9.52 Å². The van der Waals surface area contributed by atoms with Crippen LogP contribution in [0.4, 0.5) is 5.69 Å². The third kappa shape index (κ3) is 5.30. The first-order chi connectivity index (χ1) is 14.0. The molecule has 3 rings (SSSR count). The van der Waals surface area contributed by atoms with Crippen LogP contribution in [0.1, 0.15) is 24.2 Å². The average molecular weight is 461 g/mol. The number of anilines is 1. The van der Waals surface area contributed by atoms with Crippen LogP contribution in [-0.4, -0.2) is 94.0 Å². The predicted octanol–water partition coefficient (Wildman–Crippen LogP) is 0.170. The van der Waals surface area contributed by atoms with Crippen LogP contribution in [0.3, 0.4) is 0 Å². The Morgan fingerprint density at radius 2 is 1.53 bits per heavy atom. The van der Waals surface area contributed by atoms with Gasteiger partial charge < -0.3 is 9.64 Å². The molecule has 0 aliphatic carbocycles. The fourth-order valence-electron chi connectivity index (χ4n) is 3.73. The molecule has 10 nitrogen and oxygen atoms in total. The molecule has 0 spiro atoms. The Kier molecular flexibility index (Phi) is 6.72. The summed E-state index contributed by atoms with van der Waals surface area (Å²) in [6.07, 6.45) is 0.668. The maximum atomic E-state index is 13.0. The van der Waals surface area contributed by atoms with Crippen molar-refractivity contribution in [2.45, 2.75) is 26.1 Å². The molecular weight excluding hydrogens is 432 g/mol. The van der Waals surface area contributed by atoms with Gasteiger partial charge in [0.05, 0.1) is 29.7 Å². The first-order valence-corrected chi connectivity index (χ1v) is 13.0. The molecule has 2 heterocycles. The van der Waals surface area contributed by atoms with E-state index in [2.05, 4.69) is 4.72 Å². The molecule has 168 valence electrons.